The average Bonchev–Trinajstić information content (AvgIpc) is 3.77. The van der Waals surface area contributed by atoms with E-state index < -0.39 is 37.0 Å². The van der Waals surface area contributed by atoms with Crippen LogP contribution in [0.4, 0.5) is 26.3 Å². The maximum atomic E-state index is 13.1. The third-order valence-electron chi connectivity index (χ3n) is 8.52. The summed E-state index contributed by atoms with van der Waals surface area (Å²) in [6, 6.07) is 15.0. The number of amides is 2. The molecule has 0 saturated carbocycles. The molecular weight excluding hydrogens is 686 g/mol. The van der Waals surface area contributed by atoms with Crippen LogP contribution >= 0.6 is 0 Å². The number of nitrogens with zero attached hydrogens (tertiary/aromatic N) is 2. The Kier molecular flexibility index (Phi) is 13.7. The SMILES string of the molecule is CC(C)CNC(=O)CC(CCC(F)(F)F)c1ncc(-c2ccc(-c3ccc(-c4cnc(C(CCC(F)(F)F)CC(=O)NCC(C)C)[nH]4)cc3)cc2)[nH]1. The van der Waals surface area contributed by atoms with Gasteiger partial charge in [0.05, 0.1) is 23.8 Å². The second-order valence-corrected chi connectivity index (χ2v) is 14.0. The van der Waals surface area contributed by atoms with Crippen LogP contribution in [-0.4, -0.2) is 57.2 Å². The largest absolute Gasteiger partial charge is 0.389 e. The molecule has 0 saturated heterocycles. The van der Waals surface area contributed by atoms with E-state index in [2.05, 4.69) is 30.6 Å². The molecular formula is C38H46F6N6O2. The van der Waals surface area contributed by atoms with Gasteiger partial charge < -0.3 is 20.6 Å². The van der Waals surface area contributed by atoms with E-state index in [1.165, 1.54) is 0 Å². The van der Waals surface area contributed by atoms with Gasteiger partial charge in [0.25, 0.3) is 0 Å². The predicted octanol–water partition coefficient (Wildman–Crippen LogP) is 9.31. The van der Waals surface area contributed by atoms with Crippen molar-refractivity contribution in [2.24, 2.45) is 11.8 Å². The van der Waals surface area contributed by atoms with Gasteiger partial charge in [0.1, 0.15) is 11.6 Å². The monoisotopic (exact) mass is 732 g/mol. The predicted molar refractivity (Wildman–Crippen MR) is 188 cm³/mol. The van der Waals surface area contributed by atoms with Crippen molar-refractivity contribution in [3.63, 3.8) is 0 Å². The number of aromatic amines is 2. The topological polar surface area (TPSA) is 116 Å². The lowest BCUT2D eigenvalue weighted by molar-refractivity contribution is -0.138. The average molecular weight is 733 g/mol. The van der Waals surface area contributed by atoms with E-state index in [0.717, 1.165) is 22.3 Å². The Morgan fingerprint density at radius 2 is 0.923 bits per heavy atom. The van der Waals surface area contributed by atoms with Crippen molar-refractivity contribution >= 4 is 11.8 Å². The van der Waals surface area contributed by atoms with Gasteiger partial charge in [0.2, 0.25) is 11.8 Å². The Labute approximate surface area is 299 Å². The number of halogens is 6. The fraction of sp³-hybridized carbons (Fsp3) is 0.474. The van der Waals surface area contributed by atoms with Crippen LogP contribution in [-0.2, 0) is 9.59 Å². The fourth-order valence-electron chi connectivity index (χ4n) is 5.64. The van der Waals surface area contributed by atoms with Crippen molar-refractivity contribution in [2.75, 3.05) is 13.1 Å². The minimum absolute atomic E-state index is 0.112. The van der Waals surface area contributed by atoms with Gasteiger partial charge in [-0.1, -0.05) is 76.2 Å². The smallest absolute Gasteiger partial charge is 0.356 e. The van der Waals surface area contributed by atoms with Gasteiger partial charge in [-0.15, -0.1) is 0 Å². The van der Waals surface area contributed by atoms with Crippen molar-refractivity contribution in [1.82, 2.24) is 30.6 Å². The lowest BCUT2D eigenvalue weighted by atomic mass is 9.97. The molecule has 2 aromatic heterocycles. The molecule has 0 bridgehead atoms. The number of benzene rings is 2. The number of carbonyl (C=O) groups is 2. The third kappa shape index (κ3) is 12.9. The Hall–Kier alpha value is -4.62. The van der Waals surface area contributed by atoms with Crippen LogP contribution in [0.5, 0.6) is 0 Å². The van der Waals surface area contributed by atoms with Gasteiger partial charge >= 0.3 is 12.4 Å². The minimum Gasteiger partial charge on any atom is -0.356 e. The van der Waals surface area contributed by atoms with E-state index in [1.807, 2.05) is 76.2 Å². The lowest BCUT2D eigenvalue weighted by Gasteiger charge is -2.16. The lowest BCUT2D eigenvalue weighted by Crippen LogP contribution is -2.29. The number of rotatable bonds is 17. The summed E-state index contributed by atoms with van der Waals surface area (Å²) in [7, 11) is 0. The van der Waals surface area contributed by atoms with Crippen LogP contribution in [0.3, 0.4) is 0 Å². The van der Waals surface area contributed by atoms with E-state index in [9.17, 15) is 35.9 Å². The van der Waals surface area contributed by atoms with Crippen molar-refractivity contribution in [1.29, 1.82) is 0 Å². The number of alkyl halides is 6. The number of aromatic nitrogens is 4. The van der Waals surface area contributed by atoms with Gasteiger partial charge in [-0.25, -0.2) is 9.97 Å². The number of carbonyl (C=O) groups excluding carboxylic acids is 2. The molecule has 14 heteroatoms. The van der Waals surface area contributed by atoms with Gasteiger partial charge in [-0.2, -0.15) is 26.3 Å². The summed E-state index contributed by atoms with van der Waals surface area (Å²) in [5.41, 5.74) is 4.53. The summed E-state index contributed by atoms with van der Waals surface area (Å²) < 4.78 is 78.4. The molecule has 282 valence electrons. The van der Waals surface area contributed by atoms with Crippen LogP contribution in [0.2, 0.25) is 0 Å². The van der Waals surface area contributed by atoms with Gasteiger partial charge in [0.15, 0.2) is 0 Å². The zero-order valence-corrected chi connectivity index (χ0v) is 29.7. The molecule has 52 heavy (non-hydrogen) atoms. The first-order chi connectivity index (χ1) is 24.5. The standard InChI is InChI=1S/C38H46F6N6O2/c1-23(2)19-45-33(51)17-29(13-15-37(39,40)41)35-47-21-31(49-35)27-9-5-25(6-10-27)26-7-11-28(12-8-26)32-22-48-36(50-32)30(14-16-38(42,43)44)18-34(52)46-20-24(3)4/h5-12,21-24,29-30H,13-20H2,1-4H3,(H,45,51)(H,46,52)(H,47,49)(H,48,50). The van der Waals surface area contributed by atoms with Crippen molar-refractivity contribution in [2.45, 2.75) is 90.4 Å². The van der Waals surface area contributed by atoms with Crippen molar-refractivity contribution < 1.29 is 35.9 Å². The number of nitrogens with one attached hydrogen (secondary N) is 4. The maximum Gasteiger partial charge on any atom is 0.389 e. The first-order valence-electron chi connectivity index (χ1n) is 17.4. The Balaban J connectivity index is 1.44. The highest BCUT2D eigenvalue weighted by Gasteiger charge is 2.32. The molecule has 4 rings (SSSR count). The van der Waals surface area contributed by atoms with E-state index in [0.29, 0.717) is 36.1 Å². The van der Waals surface area contributed by atoms with E-state index in [1.54, 1.807) is 12.4 Å². The second kappa shape index (κ2) is 17.7. The van der Waals surface area contributed by atoms with E-state index in [-0.39, 0.29) is 49.3 Å². The second-order valence-electron chi connectivity index (χ2n) is 14.0. The number of hydrogen-bond acceptors (Lipinski definition) is 4. The molecule has 2 aromatic carbocycles. The molecule has 2 atom stereocenters. The third-order valence-corrected chi connectivity index (χ3v) is 8.52. The summed E-state index contributed by atoms with van der Waals surface area (Å²) in [6.45, 7) is 8.60. The quantitative estimate of drug-likeness (QED) is 0.0810. The number of imidazole rings is 2. The molecule has 4 aromatic rings. The highest BCUT2D eigenvalue weighted by molar-refractivity contribution is 5.77. The molecule has 2 unspecified atom stereocenters. The molecule has 0 aliphatic rings. The normalized spacial score (nSPS) is 13.4. The summed E-state index contributed by atoms with van der Waals surface area (Å²) in [5.74, 6) is -1.05. The first kappa shape index (κ1) is 40.2. The highest BCUT2D eigenvalue weighted by atomic mass is 19.4. The van der Waals surface area contributed by atoms with Crippen molar-refractivity contribution in [3.05, 3.63) is 72.6 Å². The summed E-state index contributed by atoms with van der Waals surface area (Å²) in [4.78, 5) is 39.9. The fourth-order valence-corrected chi connectivity index (χ4v) is 5.64. The van der Waals surface area contributed by atoms with Crippen LogP contribution in [0, 0.1) is 11.8 Å². The van der Waals surface area contributed by atoms with Crippen LogP contribution in [0.25, 0.3) is 33.6 Å². The van der Waals surface area contributed by atoms with Crippen molar-refractivity contribution in [3.8, 4) is 33.6 Å². The Morgan fingerprint density at radius 1 is 0.596 bits per heavy atom. The van der Waals surface area contributed by atoms with Gasteiger partial charge in [0, 0.05) is 50.6 Å². The number of hydrogen-bond donors (Lipinski definition) is 4. The Morgan fingerprint density at radius 3 is 1.23 bits per heavy atom. The maximum absolute atomic E-state index is 13.1. The first-order valence-corrected chi connectivity index (χ1v) is 17.4. The summed E-state index contributed by atoms with van der Waals surface area (Å²) in [5, 5.41) is 5.53. The molecule has 0 aliphatic carbocycles. The molecule has 4 N–H and O–H groups in total. The molecule has 0 fully saturated rings. The Bertz CT molecular complexity index is 1600. The van der Waals surface area contributed by atoms with Gasteiger partial charge in [-0.05, 0) is 46.9 Å². The summed E-state index contributed by atoms with van der Waals surface area (Å²) in [6.07, 6.45) is -8.43. The van der Waals surface area contributed by atoms with Crippen LogP contribution < -0.4 is 10.6 Å². The van der Waals surface area contributed by atoms with E-state index >= 15 is 0 Å². The zero-order valence-electron chi connectivity index (χ0n) is 29.7. The molecule has 2 amide bonds. The highest BCUT2D eigenvalue weighted by Crippen LogP contribution is 2.34. The molecule has 0 radical (unpaired) electrons. The molecule has 0 aliphatic heterocycles. The summed E-state index contributed by atoms with van der Waals surface area (Å²) >= 11 is 0. The molecule has 8 nitrogen and oxygen atoms in total. The minimum atomic E-state index is -4.35. The van der Waals surface area contributed by atoms with Gasteiger partial charge in [-0.3, -0.25) is 9.59 Å². The zero-order chi connectivity index (χ0) is 38.1. The number of H-pyrrole nitrogens is 2. The van der Waals surface area contributed by atoms with Crippen LogP contribution in [0.15, 0.2) is 60.9 Å². The molecule has 0 spiro atoms. The van der Waals surface area contributed by atoms with E-state index in [4.69, 9.17) is 0 Å². The molecule has 2 heterocycles. The van der Waals surface area contributed by atoms with Crippen LogP contribution in [0.1, 0.15) is 89.7 Å².